The van der Waals surface area contributed by atoms with E-state index in [-0.39, 0.29) is 0 Å². The van der Waals surface area contributed by atoms with Crippen molar-refractivity contribution in [2.45, 2.75) is 6.92 Å². The van der Waals surface area contributed by atoms with Gasteiger partial charge in [-0.25, -0.2) is 4.98 Å². The standard InChI is InChI=1S/C17H14N2OS/c1-2-20-13-9-7-12(8-10-13)14-11-19-15-5-3-4-6-16(15)21-17(19)18-14/h3-11H,2H2,1H3. The van der Waals surface area contributed by atoms with Gasteiger partial charge in [-0.05, 0) is 43.3 Å². The molecule has 0 bridgehead atoms. The summed E-state index contributed by atoms with van der Waals surface area (Å²) in [5.74, 6) is 0.896. The maximum atomic E-state index is 5.47. The normalized spacial score (nSPS) is 11.3. The van der Waals surface area contributed by atoms with Crippen LogP contribution in [0.2, 0.25) is 0 Å². The van der Waals surface area contributed by atoms with Crippen molar-refractivity contribution in [1.82, 2.24) is 9.38 Å². The van der Waals surface area contributed by atoms with E-state index in [1.807, 2.05) is 19.1 Å². The molecule has 0 saturated carbocycles. The molecule has 0 aliphatic carbocycles. The fraction of sp³-hybridized carbons (Fsp3) is 0.118. The van der Waals surface area contributed by atoms with Crippen LogP contribution in [0, 0.1) is 0 Å². The maximum absolute atomic E-state index is 5.47. The minimum Gasteiger partial charge on any atom is -0.494 e. The Morgan fingerprint density at radius 2 is 1.90 bits per heavy atom. The van der Waals surface area contributed by atoms with E-state index in [0.29, 0.717) is 6.61 Å². The van der Waals surface area contributed by atoms with Crippen molar-refractivity contribution >= 4 is 26.5 Å². The molecule has 104 valence electrons. The summed E-state index contributed by atoms with van der Waals surface area (Å²) in [6.45, 7) is 2.67. The first-order chi connectivity index (χ1) is 10.3. The molecule has 21 heavy (non-hydrogen) atoms. The second kappa shape index (κ2) is 4.90. The summed E-state index contributed by atoms with van der Waals surface area (Å²) >= 11 is 1.72. The molecule has 0 aliphatic rings. The predicted molar refractivity (Wildman–Crippen MR) is 87.2 cm³/mol. The SMILES string of the molecule is CCOc1ccc(-c2cn3c(n2)sc2ccccc23)cc1. The number of rotatable bonds is 3. The van der Waals surface area contributed by atoms with E-state index in [2.05, 4.69) is 47.0 Å². The molecule has 0 fully saturated rings. The Kier molecular flexibility index (Phi) is 2.89. The number of para-hydroxylation sites is 1. The van der Waals surface area contributed by atoms with Crippen molar-refractivity contribution in [3.8, 4) is 17.0 Å². The Bertz CT molecular complexity index is 905. The molecular formula is C17H14N2OS. The van der Waals surface area contributed by atoms with E-state index in [1.54, 1.807) is 11.3 Å². The quantitative estimate of drug-likeness (QED) is 0.551. The number of fused-ring (bicyclic) bond motifs is 3. The average Bonchev–Trinajstić information content (AvgIpc) is 3.06. The highest BCUT2D eigenvalue weighted by Gasteiger charge is 2.09. The van der Waals surface area contributed by atoms with E-state index in [9.17, 15) is 0 Å². The number of aromatic nitrogens is 2. The van der Waals surface area contributed by atoms with E-state index in [0.717, 1.165) is 22.0 Å². The van der Waals surface area contributed by atoms with Crippen LogP contribution < -0.4 is 4.74 Å². The molecule has 0 spiro atoms. The molecule has 0 unspecified atom stereocenters. The highest BCUT2D eigenvalue weighted by atomic mass is 32.1. The number of hydrogen-bond acceptors (Lipinski definition) is 3. The molecule has 2 heterocycles. The second-order valence-electron chi connectivity index (χ2n) is 4.81. The van der Waals surface area contributed by atoms with E-state index in [1.165, 1.54) is 10.2 Å². The monoisotopic (exact) mass is 294 g/mol. The van der Waals surface area contributed by atoms with Gasteiger partial charge in [0, 0.05) is 11.8 Å². The Morgan fingerprint density at radius 1 is 1.10 bits per heavy atom. The zero-order chi connectivity index (χ0) is 14.2. The second-order valence-corrected chi connectivity index (χ2v) is 5.81. The minimum atomic E-state index is 0.686. The van der Waals surface area contributed by atoms with Crippen molar-refractivity contribution in [1.29, 1.82) is 0 Å². The fourth-order valence-corrected chi connectivity index (χ4v) is 3.48. The van der Waals surface area contributed by atoms with Crippen LogP contribution in [-0.4, -0.2) is 16.0 Å². The van der Waals surface area contributed by atoms with Crippen LogP contribution in [0.1, 0.15) is 6.92 Å². The maximum Gasteiger partial charge on any atom is 0.195 e. The largest absolute Gasteiger partial charge is 0.494 e. The summed E-state index contributed by atoms with van der Waals surface area (Å²) < 4.78 is 8.90. The van der Waals surface area contributed by atoms with Crippen molar-refractivity contribution in [2.24, 2.45) is 0 Å². The van der Waals surface area contributed by atoms with E-state index < -0.39 is 0 Å². The predicted octanol–water partition coefficient (Wildman–Crippen LogP) is 4.61. The van der Waals surface area contributed by atoms with Gasteiger partial charge in [-0.15, -0.1) is 0 Å². The summed E-state index contributed by atoms with van der Waals surface area (Å²) in [5, 5.41) is 0. The molecule has 0 amide bonds. The smallest absolute Gasteiger partial charge is 0.195 e. The summed E-state index contributed by atoms with van der Waals surface area (Å²) in [4.78, 5) is 5.76. The van der Waals surface area contributed by atoms with Crippen molar-refractivity contribution in [2.75, 3.05) is 6.61 Å². The van der Waals surface area contributed by atoms with Gasteiger partial charge in [0.05, 0.1) is 22.5 Å². The molecular weight excluding hydrogens is 280 g/mol. The van der Waals surface area contributed by atoms with Crippen LogP contribution >= 0.6 is 11.3 Å². The van der Waals surface area contributed by atoms with Crippen LogP contribution in [-0.2, 0) is 0 Å². The molecule has 2 aromatic heterocycles. The summed E-state index contributed by atoms with van der Waals surface area (Å²) in [5.41, 5.74) is 3.32. The molecule has 2 aromatic carbocycles. The topological polar surface area (TPSA) is 26.5 Å². The van der Waals surface area contributed by atoms with E-state index >= 15 is 0 Å². The molecule has 0 radical (unpaired) electrons. The first-order valence-electron chi connectivity index (χ1n) is 6.95. The lowest BCUT2D eigenvalue weighted by Crippen LogP contribution is -1.90. The van der Waals surface area contributed by atoms with Crippen LogP contribution in [0.3, 0.4) is 0 Å². The van der Waals surface area contributed by atoms with Crippen molar-refractivity contribution < 1.29 is 4.74 Å². The third-order valence-electron chi connectivity index (χ3n) is 3.46. The van der Waals surface area contributed by atoms with Crippen molar-refractivity contribution in [3.05, 3.63) is 54.7 Å². The number of imidazole rings is 1. The summed E-state index contributed by atoms with van der Waals surface area (Å²) in [6.07, 6.45) is 2.10. The van der Waals surface area contributed by atoms with Gasteiger partial charge in [0.1, 0.15) is 5.75 Å². The third-order valence-corrected chi connectivity index (χ3v) is 4.50. The number of hydrogen-bond donors (Lipinski definition) is 0. The highest BCUT2D eigenvalue weighted by molar-refractivity contribution is 7.23. The Morgan fingerprint density at radius 3 is 2.71 bits per heavy atom. The number of nitrogens with zero attached hydrogens (tertiary/aromatic N) is 2. The van der Waals surface area contributed by atoms with Gasteiger partial charge in [0.25, 0.3) is 0 Å². The van der Waals surface area contributed by atoms with E-state index in [4.69, 9.17) is 9.72 Å². The lowest BCUT2D eigenvalue weighted by molar-refractivity contribution is 0.340. The zero-order valence-corrected chi connectivity index (χ0v) is 12.4. The molecule has 3 nitrogen and oxygen atoms in total. The summed E-state index contributed by atoms with van der Waals surface area (Å²) in [7, 11) is 0. The third kappa shape index (κ3) is 2.08. The number of benzene rings is 2. The number of ether oxygens (including phenoxy) is 1. The van der Waals surface area contributed by atoms with Gasteiger partial charge in [0.15, 0.2) is 4.96 Å². The Balaban J connectivity index is 1.79. The fourth-order valence-electron chi connectivity index (χ4n) is 2.48. The Hall–Kier alpha value is -2.33. The number of thiazole rings is 1. The van der Waals surface area contributed by atoms with Crippen LogP contribution in [0.25, 0.3) is 26.4 Å². The van der Waals surface area contributed by atoms with Gasteiger partial charge in [0.2, 0.25) is 0 Å². The van der Waals surface area contributed by atoms with Crippen molar-refractivity contribution in [3.63, 3.8) is 0 Å². The molecule has 4 aromatic rings. The van der Waals surface area contributed by atoms with Gasteiger partial charge in [-0.3, -0.25) is 4.40 Å². The Labute approximate surface area is 126 Å². The van der Waals surface area contributed by atoms with Gasteiger partial charge in [-0.1, -0.05) is 23.5 Å². The zero-order valence-electron chi connectivity index (χ0n) is 11.6. The van der Waals surface area contributed by atoms with Crippen LogP contribution in [0.15, 0.2) is 54.7 Å². The summed E-state index contributed by atoms with van der Waals surface area (Å²) in [6, 6.07) is 16.5. The lowest BCUT2D eigenvalue weighted by atomic mass is 10.2. The molecule has 0 N–H and O–H groups in total. The lowest BCUT2D eigenvalue weighted by Gasteiger charge is -2.02. The molecule has 4 heteroatoms. The van der Waals surface area contributed by atoms with Crippen LogP contribution in [0.5, 0.6) is 5.75 Å². The van der Waals surface area contributed by atoms with Gasteiger partial charge in [-0.2, -0.15) is 0 Å². The highest BCUT2D eigenvalue weighted by Crippen LogP contribution is 2.29. The molecule has 0 aliphatic heterocycles. The van der Waals surface area contributed by atoms with Crippen LogP contribution in [0.4, 0.5) is 0 Å². The minimum absolute atomic E-state index is 0.686. The van der Waals surface area contributed by atoms with Gasteiger partial charge < -0.3 is 4.74 Å². The first kappa shape index (κ1) is 12.4. The molecule has 0 atom stereocenters. The van der Waals surface area contributed by atoms with Gasteiger partial charge >= 0.3 is 0 Å². The average molecular weight is 294 g/mol. The molecule has 0 saturated heterocycles. The first-order valence-corrected chi connectivity index (χ1v) is 7.76. The molecule has 4 rings (SSSR count).